The number of fused-ring (bicyclic) bond motifs is 3. The second-order valence-electron chi connectivity index (χ2n) is 5.88. The summed E-state index contributed by atoms with van der Waals surface area (Å²) in [5.41, 5.74) is 4.11. The van der Waals surface area contributed by atoms with Gasteiger partial charge in [-0.2, -0.15) is 0 Å². The highest BCUT2D eigenvalue weighted by Gasteiger charge is 2.46. The molecule has 1 heterocycles. The topological polar surface area (TPSA) is 29.5 Å². The molecule has 1 aliphatic carbocycles. The van der Waals surface area contributed by atoms with E-state index in [-0.39, 0.29) is 5.92 Å². The maximum atomic E-state index is 10.6. The second kappa shape index (κ2) is 3.86. The van der Waals surface area contributed by atoms with Crippen LogP contribution in [0.4, 0.5) is 0 Å². The van der Waals surface area contributed by atoms with E-state index in [1.165, 1.54) is 16.7 Å². The molecule has 2 aliphatic rings. The van der Waals surface area contributed by atoms with Crippen molar-refractivity contribution in [1.82, 2.24) is 0 Å². The van der Waals surface area contributed by atoms with Crippen LogP contribution in [-0.4, -0.2) is 10.9 Å². The quantitative estimate of drug-likeness (QED) is 0.706. The lowest BCUT2D eigenvalue weighted by Crippen LogP contribution is -2.48. The molecule has 0 radical (unpaired) electrons. The summed E-state index contributed by atoms with van der Waals surface area (Å²) < 4.78 is 5.81. The molecule has 0 spiro atoms. The van der Waals surface area contributed by atoms with Crippen LogP contribution in [-0.2, 0) is 0 Å². The molecule has 96 valence electrons. The first-order valence-electron chi connectivity index (χ1n) is 6.64. The summed E-state index contributed by atoms with van der Waals surface area (Å²) in [5.74, 6) is 0.335. The fraction of sp³-hybridized carbons (Fsp3) is 0.500. The Morgan fingerprint density at radius 2 is 1.83 bits per heavy atom. The van der Waals surface area contributed by atoms with Crippen LogP contribution in [0.15, 0.2) is 35.4 Å². The van der Waals surface area contributed by atoms with Crippen LogP contribution >= 0.6 is 0 Å². The molecule has 0 unspecified atom stereocenters. The molecule has 3 rings (SSSR count). The van der Waals surface area contributed by atoms with E-state index < -0.39 is 5.79 Å². The van der Waals surface area contributed by atoms with Crippen molar-refractivity contribution in [3.05, 3.63) is 41.0 Å². The number of aliphatic hydroxyl groups is 1. The van der Waals surface area contributed by atoms with Gasteiger partial charge >= 0.3 is 0 Å². The van der Waals surface area contributed by atoms with Crippen molar-refractivity contribution in [2.24, 2.45) is 5.92 Å². The molecule has 0 fully saturated rings. The van der Waals surface area contributed by atoms with Gasteiger partial charge in [-0.1, -0.05) is 29.3 Å². The predicted molar refractivity (Wildman–Crippen MR) is 71.5 cm³/mol. The minimum Gasteiger partial charge on any atom is -0.462 e. The van der Waals surface area contributed by atoms with E-state index in [9.17, 15) is 5.11 Å². The lowest BCUT2D eigenvalue weighted by Gasteiger charge is -2.46. The minimum absolute atomic E-state index is 0.163. The average molecular weight is 244 g/mol. The maximum Gasteiger partial charge on any atom is 0.209 e. The zero-order chi connectivity index (χ0) is 12.9. The van der Waals surface area contributed by atoms with E-state index in [0.717, 1.165) is 18.6 Å². The number of hydrogen-bond acceptors (Lipinski definition) is 2. The van der Waals surface area contributed by atoms with E-state index in [0.29, 0.717) is 5.92 Å². The fourth-order valence-electron chi connectivity index (χ4n) is 3.36. The van der Waals surface area contributed by atoms with Gasteiger partial charge in [-0.15, -0.1) is 0 Å². The van der Waals surface area contributed by atoms with Crippen LogP contribution in [0, 0.1) is 5.92 Å². The van der Waals surface area contributed by atoms with Crippen molar-refractivity contribution >= 4 is 0 Å². The smallest absolute Gasteiger partial charge is 0.209 e. The average Bonchev–Trinajstić information content (AvgIpc) is 2.31. The molecular formula is C16H20O2. The summed E-state index contributed by atoms with van der Waals surface area (Å²) in [6, 6.07) is 8.11. The number of para-hydroxylation sites is 1. The van der Waals surface area contributed by atoms with Gasteiger partial charge in [-0.05, 0) is 38.3 Å². The highest BCUT2D eigenvalue weighted by Crippen LogP contribution is 2.51. The van der Waals surface area contributed by atoms with Crippen molar-refractivity contribution < 1.29 is 9.84 Å². The lowest BCUT2D eigenvalue weighted by atomic mass is 9.68. The van der Waals surface area contributed by atoms with Gasteiger partial charge in [0.05, 0.1) is 0 Å². The fourth-order valence-corrected chi connectivity index (χ4v) is 3.36. The van der Waals surface area contributed by atoms with Crippen molar-refractivity contribution in [1.29, 1.82) is 0 Å². The molecule has 1 aromatic carbocycles. The number of hydrogen-bond donors (Lipinski definition) is 1. The number of allylic oxidation sites excluding steroid dienone is 2. The Morgan fingerprint density at radius 3 is 2.61 bits per heavy atom. The highest BCUT2D eigenvalue weighted by atomic mass is 16.6. The summed E-state index contributed by atoms with van der Waals surface area (Å²) in [6.45, 7) is 6.18. The molecule has 2 nitrogen and oxygen atoms in total. The first kappa shape index (κ1) is 11.8. The molecule has 2 heteroatoms. The Hall–Kier alpha value is -1.28. The maximum absolute atomic E-state index is 10.6. The van der Waals surface area contributed by atoms with Crippen LogP contribution in [0.3, 0.4) is 0 Å². The van der Waals surface area contributed by atoms with Gasteiger partial charge in [-0.25, -0.2) is 0 Å². The van der Waals surface area contributed by atoms with Gasteiger partial charge in [0, 0.05) is 18.8 Å². The third-order valence-corrected chi connectivity index (χ3v) is 4.59. The van der Waals surface area contributed by atoms with Crippen molar-refractivity contribution in [2.75, 3.05) is 0 Å². The van der Waals surface area contributed by atoms with Gasteiger partial charge in [0.15, 0.2) is 0 Å². The van der Waals surface area contributed by atoms with E-state index in [1.807, 2.05) is 12.1 Å². The molecule has 0 aromatic heterocycles. The molecule has 0 amide bonds. The largest absolute Gasteiger partial charge is 0.462 e. The predicted octanol–water partition coefficient (Wildman–Crippen LogP) is 3.62. The van der Waals surface area contributed by atoms with Gasteiger partial charge < -0.3 is 9.84 Å². The Morgan fingerprint density at radius 1 is 1.17 bits per heavy atom. The Balaban J connectivity index is 2.11. The van der Waals surface area contributed by atoms with Gasteiger partial charge in [0.25, 0.3) is 0 Å². The molecule has 0 bridgehead atoms. The van der Waals surface area contributed by atoms with Crippen molar-refractivity contribution in [2.45, 2.75) is 45.3 Å². The summed E-state index contributed by atoms with van der Waals surface area (Å²) in [6.07, 6.45) is 1.96. The zero-order valence-electron chi connectivity index (χ0n) is 11.2. The summed E-state index contributed by atoms with van der Waals surface area (Å²) in [7, 11) is 0. The van der Waals surface area contributed by atoms with Crippen LogP contribution in [0.25, 0.3) is 0 Å². The molecule has 18 heavy (non-hydrogen) atoms. The van der Waals surface area contributed by atoms with Gasteiger partial charge in [0.1, 0.15) is 5.75 Å². The normalized spacial score (nSPS) is 34.7. The second-order valence-corrected chi connectivity index (χ2v) is 5.88. The molecule has 1 N–H and O–H groups in total. The molecule has 3 atom stereocenters. The minimum atomic E-state index is -1.05. The van der Waals surface area contributed by atoms with E-state index in [1.54, 1.807) is 6.92 Å². The van der Waals surface area contributed by atoms with E-state index in [4.69, 9.17) is 4.74 Å². The molecule has 1 aliphatic heterocycles. The van der Waals surface area contributed by atoms with Crippen LogP contribution in [0.5, 0.6) is 5.75 Å². The lowest BCUT2D eigenvalue weighted by molar-refractivity contribution is -0.181. The third-order valence-electron chi connectivity index (χ3n) is 4.59. The molecular weight excluding hydrogens is 224 g/mol. The van der Waals surface area contributed by atoms with Crippen molar-refractivity contribution in [3.63, 3.8) is 0 Å². The Bertz CT molecular complexity index is 514. The first-order chi connectivity index (χ1) is 8.49. The Labute approximate surface area is 108 Å². The summed E-state index contributed by atoms with van der Waals surface area (Å²) in [4.78, 5) is 0. The van der Waals surface area contributed by atoms with Crippen LogP contribution < -0.4 is 4.74 Å². The SMILES string of the molecule is CC1=C(C)C[C@H]2c3ccccc3O[C@](C)(O)[C@@H]2C1. The monoisotopic (exact) mass is 244 g/mol. The van der Waals surface area contributed by atoms with E-state index in [2.05, 4.69) is 26.0 Å². The summed E-state index contributed by atoms with van der Waals surface area (Å²) >= 11 is 0. The molecule has 1 aromatic rings. The standard InChI is InChI=1S/C16H20O2/c1-10-8-13-12-6-4-5-7-15(12)18-16(3,17)14(13)9-11(10)2/h4-7,13-14,17H,8-9H2,1-3H3/t13-,14+,16-/m0/s1. The summed E-state index contributed by atoms with van der Waals surface area (Å²) in [5, 5.41) is 10.6. The van der Waals surface area contributed by atoms with Crippen LogP contribution in [0.2, 0.25) is 0 Å². The van der Waals surface area contributed by atoms with E-state index >= 15 is 0 Å². The highest BCUT2D eigenvalue weighted by molar-refractivity contribution is 5.42. The number of rotatable bonds is 0. The number of benzene rings is 1. The zero-order valence-corrected chi connectivity index (χ0v) is 11.2. The van der Waals surface area contributed by atoms with Crippen molar-refractivity contribution in [3.8, 4) is 5.75 Å². The van der Waals surface area contributed by atoms with Gasteiger partial charge in [-0.3, -0.25) is 0 Å². The molecule has 0 saturated heterocycles. The molecule has 0 saturated carbocycles. The first-order valence-corrected chi connectivity index (χ1v) is 6.64. The van der Waals surface area contributed by atoms with Crippen LogP contribution in [0.1, 0.15) is 45.1 Å². The Kier molecular flexibility index (Phi) is 2.53. The van der Waals surface area contributed by atoms with Gasteiger partial charge in [0.2, 0.25) is 5.79 Å². The number of ether oxygens (including phenoxy) is 1. The third kappa shape index (κ3) is 1.67.